The van der Waals surface area contributed by atoms with Gasteiger partial charge in [0.15, 0.2) is 0 Å². The lowest BCUT2D eigenvalue weighted by Crippen LogP contribution is -2.10. The summed E-state index contributed by atoms with van der Waals surface area (Å²) in [5.74, 6) is 0.923. The van der Waals surface area contributed by atoms with Crippen molar-refractivity contribution in [2.75, 3.05) is 5.32 Å². The van der Waals surface area contributed by atoms with Crippen LogP contribution in [0, 0.1) is 3.57 Å². The van der Waals surface area contributed by atoms with Crippen LogP contribution < -0.4 is 5.32 Å². The molecule has 0 atom stereocenters. The van der Waals surface area contributed by atoms with Gasteiger partial charge in [-0.25, -0.2) is 9.67 Å². The molecule has 6 heteroatoms. The fourth-order valence-electron chi connectivity index (χ4n) is 1.63. The van der Waals surface area contributed by atoms with Crippen molar-refractivity contribution in [2.45, 2.75) is 26.4 Å². The van der Waals surface area contributed by atoms with Gasteiger partial charge in [-0.15, -0.1) is 0 Å². The molecule has 0 aliphatic rings. The molecule has 0 bridgehead atoms. The minimum Gasteiger partial charge on any atom is -0.377 e. The van der Waals surface area contributed by atoms with Gasteiger partial charge in [0.05, 0.1) is 17.3 Å². The van der Waals surface area contributed by atoms with Crippen molar-refractivity contribution in [1.29, 1.82) is 0 Å². The Hall–Kier alpha value is -0.820. The van der Waals surface area contributed by atoms with Gasteiger partial charge in [-0.05, 0) is 47.2 Å². The predicted octanol–water partition coefficient (Wildman–Crippen LogP) is 3.56. The van der Waals surface area contributed by atoms with E-state index in [9.17, 15) is 0 Å². The van der Waals surface area contributed by atoms with Crippen LogP contribution in [0.1, 0.15) is 19.2 Å². The first kappa shape index (κ1) is 13.6. The standard InChI is InChI=1S/C12H14ClIN4/c1-2-5-18-12(16-8-17-18)7-15-11-4-3-9(14)6-10(11)13/h3-4,6,8,15H,2,5,7H2,1H3. The van der Waals surface area contributed by atoms with Crippen molar-refractivity contribution in [1.82, 2.24) is 14.8 Å². The molecule has 1 aromatic carbocycles. The quantitative estimate of drug-likeness (QED) is 0.812. The van der Waals surface area contributed by atoms with Crippen LogP contribution >= 0.6 is 34.2 Å². The minimum atomic E-state index is 0.625. The first-order valence-electron chi connectivity index (χ1n) is 5.76. The van der Waals surface area contributed by atoms with Crippen molar-refractivity contribution >= 4 is 39.9 Å². The molecule has 0 aliphatic carbocycles. The summed E-state index contributed by atoms with van der Waals surface area (Å²) in [7, 11) is 0. The number of anilines is 1. The molecule has 0 aliphatic heterocycles. The molecule has 0 fully saturated rings. The molecular formula is C12H14ClIN4. The smallest absolute Gasteiger partial charge is 0.146 e. The number of aromatic nitrogens is 3. The Kier molecular flexibility index (Phi) is 4.82. The molecule has 1 aromatic heterocycles. The maximum absolute atomic E-state index is 6.16. The van der Waals surface area contributed by atoms with Gasteiger partial charge in [0.1, 0.15) is 12.2 Å². The van der Waals surface area contributed by atoms with E-state index in [1.807, 2.05) is 22.9 Å². The first-order chi connectivity index (χ1) is 8.70. The SMILES string of the molecule is CCCn1ncnc1CNc1ccc(I)cc1Cl. The zero-order valence-corrected chi connectivity index (χ0v) is 12.9. The van der Waals surface area contributed by atoms with E-state index in [0.29, 0.717) is 6.54 Å². The van der Waals surface area contributed by atoms with E-state index >= 15 is 0 Å². The fourth-order valence-corrected chi connectivity index (χ4v) is 2.55. The van der Waals surface area contributed by atoms with Crippen molar-refractivity contribution < 1.29 is 0 Å². The average molecular weight is 377 g/mol. The van der Waals surface area contributed by atoms with Crippen LogP contribution in [0.3, 0.4) is 0 Å². The Balaban J connectivity index is 2.04. The van der Waals surface area contributed by atoms with Crippen LogP contribution in [-0.2, 0) is 13.1 Å². The molecule has 4 nitrogen and oxygen atoms in total. The van der Waals surface area contributed by atoms with Crippen molar-refractivity contribution in [3.05, 3.63) is 38.9 Å². The highest BCUT2D eigenvalue weighted by Gasteiger charge is 2.05. The summed E-state index contributed by atoms with van der Waals surface area (Å²) < 4.78 is 3.03. The summed E-state index contributed by atoms with van der Waals surface area (Å²) in [5, 5.41) is 8.19. The number of nitrogens with one attached hydrogen (secondary N) is 1. The van der Waals surface area contributed by atoms with Gasteiger partial charge >= 0.3 is 0 Å². The second-order valence-corrected chi connectivity index (χ2v) is 5.53. The van der Waals surface area contributed by atoms with E-state index in [1.54, 1.807) is 6.33 Å². The van der Waals surface area contributed by atoms with Gasteiger partial charge in [0.25, 0.3) is 0 Å². The molecule has 2 aromatic rings. The van der Waals surface area contributed by atoms with E-state index < -0.39 is 0 Å². The number of halogens is 2. The number of hydrogen-bond donors (Lipinski definition) is 1. The lowest BCUT2D eigenvalue weighted by atomic mass is 10.3. The fraction of sp³-hybridized carbons (Fsp3) is 0.333. The normalized spacial score (nSPS) is 10.6. The summed E-state index contributed by atoms with van der Waals surface area (Å²) >= 11 is 8.40. The molecule has 1 heterocycles. The van der Waals surface area contributed by atoms with Gasteiger partial charge in [-0.2, -0.15) is 5.10 Å². The van der Waals surface area contributed by atoms with E-state index in [-0.39, 0.29) is 0 Å². The van der Waals surface area contributed by atoms with E-state index in [0.717, 1.165) is 33.1 Å². The Labute approximate surface area is 125 Å². The molecule has 0 saturated heterocycles. The highest BCUT2D eigenvalue weighted by atomic mass is 127. The number of aryl methyl sites for hydroxylation is 1. The van der Waals surface area contributed by atoms with Gasteiger partial charge in [0, 0.05) is 10.1 Å². The third kappa shape index (κ3) is 3.35. The maximum atomic E-state index is 6.16. The van der Waals surface area contributed by atoms with Gasteiger partial charge in [0.2, 0.25) is 0 Å². The van der Waals surface area contributed by atoms with Crippen LogP contribution in [0.5, 0.6) is 0 Å². The summed E-state index contributed by atoms with van der Waals surface area (Å²) in [5.41, 5.74) is 0.920. The Bertz CT molecular complexity index is 527. The van der Waals surface area contributed by atoms with Crippen molar-refractivity contribution in [2.24, 2.45) is 0 Å². The molecule has 0 radical (unpaired) electrons. The zero-order valence-electron chi connectivity index (χ0n) is 10.0. The molecule has 0 saturated carbocycles. The van der Waals surface area contributed by atoms with Gasteiger partial charge < -0.3 is 5.32 Å². The van der Waals surface area contributed by atoms with Crippen LogP contribution in [0.4, 0.5) is 5.69 Å². The molecule has 1 N–H and O–H groups in total. The highest BCUT2D eigenvalue weighted by Crippen LogP contribution is 2.24. The molecule has 2 rings (SSSR count). The third-order valence-corrected chi connectivity index (χ3v) is 3.48. The highest BCUT2D eigenvalue weighted by molar-refractivity contribution is 14.1. The minimum absolute atomic E-state index is 0.625. The maximum Gasteiger partial charge on any atom is 0.146 e. The topological polar surface area (TPSA) is 42.7 Å². The van der Waals surface area contributed by atoms with Gasteiger partial charge in [-0.3, -0.25) is 0 Å². The van der Waals surface area contributed by atoms with E-state index in [1.165, 1.54) is 0 Å². The molecular weight excluding hydrogens is 363 g/mol. The zero-order chi connectivity index (χ0) is 13.0. The Morgan fingerprint density at radius 3 is 3.00 bits per heavy atom. The molecule has 18 heavy (non-hydrogen) atoms. The summed E-state index contributed by atoms with van der Waals surface area (Å²) in [4.78, 5) is 4.24. The largest absolute Gasteiger partial charge is 0.377 e. The predicted molar refractivity (Wildman–Crippen MR) is 81.8 cm³/mol. The van der Waals surface area contributed by atoms with Crippen molar-refractivity contribution in [3.8, 4) is 0 Å². The van der Waals surface area contributed by atoms with Gasteiger partial charge in [-0.1, -0.05) is 18.5 Å². The molecule has 0 spiro atoms. The third-order valence-electron chi connectivity index (χ3n) is 2.50. The molecule has 0 amide bonds. The van der Waals surface area contributed by atoms with E-state index in [2.05, 4.69) is 44.9 Å². The van der Waals surface area contributed by atoms with Crippen LogP contribution in [0.15, 0.2) is 24.5 Å². The summed E-state index contributed by atoms with van der Waals surface area (Å²) in [6.45, 7) is 3.63. The number of nitrogens with zero attached hydrogens (tertiary/aromatic N) is 3. The summed E-state index contributed by atoms with van der Waals surface area (Å²) in [6, 6.07) is 5.93. The second kappa shape index (κ2) is 6.38. The Morgan fingerprint density at radius 2 is 2.28 bits per heavy atom. The number of hydrogen-bond acceptors (Lipinski definition) is 3. The number of rotatable bonds is 5. The van der Waals surface area contributed by atoms with E-state index in [4.69, 9.17) is 11.6 Å². The van der Waals surface area contributed by atoms with Crippen LogP contribution in [0.25, 0.3) is 0 Å². The lowest BCUT2D eigenvalue weighted by molar-refractivity contribution is 0.574. The lowest BCUT2D eigenvalue weighted by Gasteiger charge is -2.09. The first-order valence-corrected chi connectivity index (χ1v) is 7.22. The summed E-state index contributed by atoms with van der Waals surface area (Å²) in [6.07, 6.45) is 2.63. The van der Waals surface area contributed by atoms with Crippen LogP contribution in [0.2, 0.25) is 5.02 Å². The molecule has 0 unspecified atom stereocenters. The Morgan fingerprint density at radius 1 is 1.44 bits per heavy atom. The van der Waals surface area contributed by atoms with Crippen LogP contribution in [-0.4, -0.2) is 14.8 Å². The molecule has 96 valence electrons. The van der Waals surface area contributed by atoms with Crippen molar-refractivity contribution in [3.63, 3.8) is 0 Å². The average Bonchev–Trinajstić information content (AvgIpc) is 2.76. The monoisotopic (exact) mass is 376 g/mol. The second-order valence-electron chi connectivity index (χ2n) is 3.88. The number of benzene rings is 1.